The molecule has 3 heteroatoms. The van der Waals surface area contributed by atoms with Crippen molar-refractivity contribution in [2.24, 2.45) is 17.8 Å². The summed E-state index contributed by atoms with van der Waals surface area (Å²) >= 11 is 0. The van der Waals surface area contributed by atoms with E-state index in [1.165, 1.54) is 50.7 Å². The predicted octanol–water partition coefficient (Wildman–Crippen LogP) is 7.27. The first-order valence-electron chi connectivity index (χ1n) is 10.6. The topological polar surface area (TPSA) is 23.8 Å². The van der Waals surface area contributed by atoms with E-state index in [2.05, 4.69) is 19.1 Å². The summed E-state index contributed by atoms with van der Waals surface area (Å²) in [6, 6.07) is 4.31. The van der Waals surface area contributed by atoms with Gasteiger partial charge in [-0.25, -0.2) is 8.78 Å². The molecule has 1 nitrogen and oxygen atoms in total. The van der Waals surface area contributed by atoms with Gasteiger partial charge in [-0.15, -0.1) is 0 Å². The minimum atomic E-state index is -0.730. The summed E-state index contributed by atoms with van der Waals surface area (Å²) in [5.41, 5.74) is 0.237. The Balaban J connectivity index is 1.43. The van der Waals surface area contributed by atoms with Gasteiger partial charge in [0.15, 0.2) is 0 Å². The molecule has 0 heterocycles. The summed E-state index contributed by atoms with van der Waals surface area (Å²) < 4.78 is 27.7. The fraction of sp³-hybridized carbons (Fsp3) is 0.625. The van der Waals surface area contributed by atoms with Crippen LogP contribution in [-0.2, 0) is 0 Å². The Kier molecular flexibility index (Phi) is 7.05. The molecule has 3 rings (SSSR count). The third-order valence-corrected chi connectivity index (χ3v) is 6.70. The number of benzene rings is 1. The molecule has 2 saturated carbocycles. The first-order chi connectivity index (χ1) is 13.1. The molecule has 0 bridgehead atoms. The minimum absolute atomic E-state index is 0.204. The summed E-state index contributed by atoms with van der Waals surface area (Å²) in [5.74, 6) is 1.18. The van der Waals surface area contributed by atoms with Crippen molar-refractivity contribution in [2.45, 2.75) is 77.0 Å². The zero-order valence-electron chi connectivity index (χ0n) is 16.4. The van der Waals surface area contributed by atoms with Gasteiger partial charge in [-0.2, -0.15) is 5.26 Å². The molecule has 0 unspecified atom stereocenters. The lowest BCUT2D eigenvalue weighted by Gasteiger charge is -2.27. The average molecular weight is 372 g/mol. The van der Waals surface area contributed by atoms with Gasteiger partial charge in [0.05, 0.1) is 0 Å². The Morgan fingerprint density at radius 1 is 1.00 bits per heavy atom. The van der Waals surface area contributed by atoms with Crippen molar-refractivity contribution in [3.63, 3.8) is 0 Å². The van der Waals surface area contributed by atoms with Gasteiger partial charge in [0.1, 0.15) is 23.3 Å². The molecule has 0 aromatic heterocycles. The number of rotatable bonds is 5. The van der Waals surface area contributed by atoms with Crippen LogP contribution in [0.15, 0.2) is 24.3 Å². The van der Waals surface area contributed by atoms with Crippen LogP contribution in [0.2, 0.25) is 0 Å². The Morgan fingerprint density at radius 2 is 1.63 bits per heavy atom. The van der Waals surface area contributed by atoms with Gasteiger partial charge in [0, 0.05) is 0 Å². The standard InChI is InChI=1S/C24H31F2N/c1-17-6-8-18(9-7-17)4-2-3-5-19-10-12-20(13-11-19)21-14-23(25)22(16-27)24(26)15-21/h3,5,14-15,17-20H,2,4,6-13H2,1H3/b5-3+. The normalized spacial score (nSPS) is 29.0. The average Bonchev–Trinajstić information content (AvgIpc) is 2.67. The van der Waals surface area contributed by atoms with Crippen LogP contribution in [0.25, 0.3) is 0 Å². The molecule has 1 aromatic rings. The predicted molar refractivity (Wildman–Crippen MR) is 105 cm³/mol. The van der Waals surface area contributed by atoms with E-state index in [1.54, 1.807) is 6.07 Å². The highest BCUT2D eigenvalue weighted by Gasteiger charge is 2.23. The molecule has 2 aliphatic carbocycles. The van der Waals surface area contributed by atoms with Crippen molar-refractivity contribution in [1.82, 2.24) is 0 Å². The molecule has 1 aromatic carbocycles. The third-order valence-electron chi connectivity index (χ3n) is 6.70. The lowest BCUT2D eigenvalue weighted by atomic mass is 9.78. The zero-order valence-corrected chi connectivity index (χ0v) is 16.4. The van der Waals surface area contributed by atoms with Crippen molar-refractivity contribution in [1.29, 1.82) is 5.26 Å². The van der Waals surface area contributed by atoms with Crippen LogP contribution in [0.4, 0.5) is 8.78 Å². The van der Waals surface area contributed by atoms with E-state index in [-0.39, 0.29) is 5.92 Å². The summed E-state index contributed by atoms with van der Waals surface area (Å²) in [6.07, 6.45) is 16.9. The molecule has 146 valence electrons. The van der Waals surface area contributed by atoms with E-state index in [0.29, 0.717) is 11.5 Å². The van der Waals surface area contributed by atoms with Crippen LogP contribution in [0.5, 0.6) is 0 Å². The van der Waals surface area contributed by atoms with Crippen molar-refractivity contribution in [2.75, 3.05) is 0 Å². The second-order valence-corrected chi connectivity index (χ2v) is 8.71. The van der Waals surface area contributed by atoms with E-state index in [1.807, 2.05) is 0 Å². The van der Waals surface area contributed by atoms with E-state index in [9.17, 15) is 8.78 Å². The summed E-state index contributed by atoms with van der Waals surface area (Å²) in [6.45, 7) is 2.37. The molecule has 0 amide bonds. The van der Waals surface area contributed by atoms with Gasteiger partial charge in [-0.05, 0) is 79.9 Å². The van der Waals surface area contributed by atoms with Crippen LogP contribution in [0.1, 0.15) is 88.2 Å². The fourth-order valence-corrected chi connectivity index (χ4v) is 4.82. The summed E-state index contributed by atoms with van der Waals surface area (Å²) in [4.78, 5) is 0. The Morgan fingerprint density at radius 3 is 2.22 bits per heavy atom. The van der Waals surface area contributed by atoms with Crippen LogP contribution >= 0.6 is 0 Å². The fourth-order valence-electron chi connectivity index (χ4n) is 4.82. The molecule has 0 aliphatic heterocycles. The minimum Gasteiger partial charge on any atom is -0.205 e. The first-order valence-corrected chi connectivity index (χ1v) is 10.6. The van der Waals surface area contributed by atoms with Gasteiger partial charge >= 0.3 is 0 Å². The van der Waals surface area contributed by atoms with Gasteiger partial charge in [0.25, 0.3) is 0 Å². The maximum absolute atomic E-state index is 13.8. The van der Waals surface area contributed by atoms with E-state index < -0.39 is 17.2 Å². The van der Waals surface area contributed by atoms with Gasteiger partial charge in [-0.3, -0.25) is 0 Å². The molecular weight excluding hydrogens is 340 g/mol. The maximum atomic E-state index is 13.8. The number of nitrogens with zero attached hydrogens (tertiary/aromatic N) is 1. The summed E-state index contributed by atoms with van der Waals surface area (Å²) in [7, 11) is 0. The van der Waals surface area contributed by atoms with Crippen LogP contribution in [0, 0.1) is 40.7 Å². The monoisotopic (exact) mass is 371 g/mol. The van der Waals surface area contributed by atoms with Crippen molar-refractivity contribution in [3.05, 3.63) is 47.0 Å². The number of halogens is 2. The lowest BCUT2D eigenvalue weighted by molar-refractivity contribution is 0.278. The van der Waals surface area contributed by atoms with Crippen molar-refractivity contribution < 1.29 is 8.78 Å². The highest BCUT2D eigenvalue weighted by atomic mass is 19.1. The molecule has 27 heavy (non-hydrogen) atoms. The Hall–Kier alpha value is -1.69. The molecule has 2 fully saturated rings. The second kappa shape index (κ2) is 9.49. The number of hydrogen-bond acceptors (Lipinski definition) is 1. The van der Waals surface area contributed by atoms with Gasteiger partial charge in [0.2, 0.25) is 0 Å². The SMILES string of the molecule is CC1CCC(CC/C=C/C2CCC(c3cc(F)c(C#N)c(F)c3)CC2)CC1. The third kappa shape index (κ3) is 5.41. The van der Waals surface area contributed by atoms with Crippen LogP contribution < -0.4 is 0 Å². The molecule has 0 spiro atoms. The quantitative estimate of drug-likeness (QED) is 0.499. The summed E-state index contributed by atoms with van der Waals surface area (Å²) in [5, 5.41) is 8.80. The highest BCUT2D eigenvalue weighted by molar-refractivity contribution is 5.36. The molecule has 2 aliphatic rings. The second-order valence-electron chi connectivity index (χ2n) is 8.71. The molecular formula is C24H31F2N. The van der Waals surface area contributed by atoms with E-state index >= 15 is 0 Å². The Labute approximate surface area is 162 Å². The largest absolute Gasteiger partial charge is 0.205 e. The molecule has 0 atom stereocenters. The Bertz CT molecular complexity index is 664. The smallest absolute Gasteiger partial charge is 0.144 e. The highest BCUT2D eigenvalue weighted by Crippen LogP contribution is 2.37. The van der Waals surface area contributed by atoms with Gasteiger partial charge in [-0.1, -0.05) is 44.8 Å². The van der Waals surface area contributed by atoms with Crippen molar-refractivity contribution in [3.8, 4) is 6.07 Å². The zero-order chi connectivity index (χ0) is 19.2. The first kappa shape index (κ1) is 20.1. The number of hydrogen-bond donors (Lipinski definition) is 0. The number of nitriles is 1. The van der Waals surface area contributed by atoms with Crippen molar-refractivity contribution >= 4 is 0 Å². The van der Waals surface area contributed by atoms with E-state index in [4.69, 9.17) is 5.26 Å². The molecule has 0 N–H and O–H groups in total. The van der Waals surface area contributed by atoms with E-state index in [0.717, 1.165) is 37.5 Å². The molecule has 0 saturated heterocycles. The van der Waals surface area contributed by atoms with Crippen LogP contribution in [-0.4, -0.2) is 0 Å². The van der Waals surface area contributed by atoms with Crippen LogP contribution in [0.3, 0.4) is 0 Å². The van der Waals surface area contributed by atoms with Gasteiger partial charge < -0.3 is 0 Å². The number of allylic oxidation sites excluding steroid dienone is 2. The maximum Gasteiger partial charge on any atom is 0.144 e. The molecule has 0 radical (unpaired) electrons. The lowest BCUT2D eigenvalue weighted by Crippen LogP contribution is -2.13.